The number of piperidine rings is 1. The summed E-state index contributed by atoms with van der Waals surface area (Å²) in [7, 11) is 1.48. The molecule has 1 unspecified atom stereocenters. The molecule has 0 radical (unpaired) electrons. The van der Waals surface area contributed by atoms with Gasteiger partial charge in [-0.25, -0.2) is 9.78 Å². The number of aromatic nitrogens is 3. The van der Waals surface area contributed by atoms with Crippen molar-refractivity contribution in [2.45, 2.75) is 19.5 Å². The highest BCUT2D eigenvalue weighted by molar-refractivity contribution is 5.88. The van der Waals surface area contributed by atoms with Crippen LogP contribution in [0.1, 0.15) is 24.5 Å². The maximum Gasteiger partial charge on any atom is 0.417 e. The first-order valence-corrected chi connectivity index (χ1v) is 11.1. The number of likely N-dealkylation sites (tertiary alicyclic amines) is 1. The number of ether oxygens (including phenoxy) is 2. The van der Waals surface area contributed by atoms with Crippen molar-refractivity contribution in [2.75, 3.05) is 25.5 Å². The van der Waals surface area contributed by atoms with Gasteiger partial charge in [-0.1, -0.05) is 30.7 Å². The van der Waals surface area contributed by atoms with Crippen LogP contribution in [0.25, 0.3) is 6.08 Å². The van der Waals surface area contributed by atoms with E-state index >= 15 is 0 Å². The average molecular weight is 499 g/mol. The zero-order valence-corrected chi connectivity index (χ0v) is 19.6. The SMILES string of the molecule is COc1cncc(NC(=O)N2CC/C(=C\c3cccc(Oc4ccc(C(F)(F)F)cn4)c3)C(C)C2)n1. The minimum absolute atomic E-state index is 0.0706. The second-order valence-electron chi connectivity index (χ2n) is 8.25. The Hall–Kier alpha value is -4.15. The van der Waals surface area contributed by atoms with Gasteiger partial charge in [0.15, 0.2) is 5.82 Å². The summed E-state index contributed by atoms with van der Waals surface area (Å²) >= 11 is 0. The first kappa shape index (κ1) is 25.0. The topological polar surface area (TPSA) is 89.5 Å². The van der Waals surface area contributed by atoms with E-state index < -0.39 is 11.7 Å². The summed E-state index contributed by atoms with van der Waals surface area (Å²) in [5.41, 5.74) is 1.22. The number of amides is 2. The molecule has 0 saturated carbocycles. The zero-order valence-electron chi connectivity index (χ0n) is 19.6. The van der Waals surface area contributed by atoms with Crippen molar-refractivity contribution < 1.29 is 27.4 Å². The van der Waals surface area contributed by atoms with Crippen molar-refractivity contribution in [3.63, 3.8) is 0 Å². The Balaban J connectivity index is 1.38. The number of halogens is 3. The molecule has 1 aliphatic rings. The van der Waals surface area contributed by atoms with Gasteiger partial charge in [0.2, 0.25) is 11.8 Å². The van der Waals surface area contributed by atoms with Crippen molar-refractivity contribution in [3.05, 3.63) is 71.7 Å². The Bertz CT molecular complexity index is 1250. The number of methoxy groups -OCH3 is 1. The molecule has 11 heteroatoms. The van der Waals surface area contributed by atoms with Gasteiger partial charge >= 0.3 is 12.2 Å². The number of hydrogen-bond acceptors (Lipinski definition) is 6. The Morgan fingerprint density at radius 1 is 1.17 bits per heavy atom. The van der Waals surface area contributed by atoms with E-state index in [4.69, 9.17) is 9.47 Å². The van der Waals surface area contributed by atoms with Gasteiger partial charge in [-0.2, -0.15) is 18.2 Å². The molecule has 1 atom stereocenters. The van der Waals surface area contributed by atoms with E-state index in [9.17, 15) is 18.0 Å². The van der Waals surface area contributed by atoms with Crippen molar-refractivity contribution in [2.24, 2.45) is 5.92 Å². The van der Waals surface area contributed by atoms with Crippen LogP contribution in [0, 0.1) is 5.92 Å². The zero-order chi connectivity index (χ0) is 25.7. The van der Waals surface area contributed by atoms with Crippen LogP contribution in [0.2, 0.25) is 0 Å². The molecule has 188 valence electrons. The molecule has 1 saturated heterocycles. The molecule has 1 N–H and O–H groups in total. The Morgan fingerprint density at radius 2 is 2.00 bits per heavy atom. The molecule has 0 aliphatic carbocycles. The molecule has 1 fully saturated rings. The van der Waals surface area contributed by atoms with Gasteiger partial charge in [0, 0.05) is 25.4 Å². The number of hydrogen-bond donors (Lipinski definition) is 1. The Labute approximate surface area is 205 Å². The van der Waals surface area contributed by atoms with Crippen molar-refractivity contribution in [1.29, 1.82) is 0 Å². The van der Waals surface area contributed by atoms with E-state index in [0.717, 1.165) is 17.8 Å². The Morgan fingerprint density at radius 3 is 2.69 bits per heavy atom. The molecular weight excluding hydrogens is 475 g/mol. The monoisotopic (exact) mass is 499 g/mol. The molecule has 3 aromatic rings. The predicted octanol–water partition coefficient (Wildman–Crippen LogP) is 5.65. The number of rotatable bonds is 5. The molecule has 1 aromatic carbocycles. The molecule has 36 heavy (non-hydrogen) atoms. The third-order valence-electron chi connectivity index (χ3n) is 5.64. The van der Waals surface area contributed by atoms with E-state index in [2.05, 4.69) is 20.3 Å². The summed E-state index contributed by atoms with van der Waals surface area (Å²) in [4.78, 5) is 26.3. The van der Waals surface area contributed by atoms with Crippen LogP contribution in [-0.2, 0) is 6.18 Å². The maximum absolute atomic E-state index is 12.7. The van der Waals surface area contributed by atoms with Gasteiger partial charge in [-0.3, -0.25) is 10.3 Å². The van der Waals surface area contributed by atoms with Gasteiger partial charge < -0.3 is 14.4 Å². The van der Waals surface area contributed by atoms with Crippen LogP contribution in [0.3, 0.4) is 0 Å². The third-order valence-corrected chi connectivity index (χ3v) is 5.64. The van der Waals surface area contributed by atoms with Crippen LogP contribution in [0.5, 0.6) is 17.5 Å². The second-order valence-corrected chi connectivity index (χ2v) is 8.25. The van der Waals surface area contributed by atoms with Crippen molar-refractivity contribution in [3.8, 4) is 17.5 Å². The summed E-state index contributed by atoms with van der Waals surface area (Å²) in [6.45, 7) is 3.11. The summed E-state index contributed by atoms with van der Waals surface area (Å²) in [5, 5.41) is 2.74. The summed E-state index contributed by atoms with van der Waals surface area (Å²) in [5.74, 6) is 1.27. The fraction of sp³-hybridized carbons (Fsp3) is 0.280. The molecule has 4 rings (SSSR count). The lowest BCUT2D eigenvalue weighted by Gasteiger charge is -2.33. The third kappa shape index (κ3) is 6.29. The number of pyridine rings is 1. The number of alkyl halides is 3. The minimum atomic E-state index is -4.45. The normalized spacial score (nSPS) is 17.1. The number of anilines is 1. The smallest absolute Gasteiger partial charge is 0.417 e. The van der Waals surface area contributed by atoms with Crippen LogP contribution in [0.15, 0.2) is 60.6 Å². The number of carbonyl (C=O) groups is 1. The number of nitrogens with zero attached hydrogens (tertiary/aromatic N) is 4. The van der Waals surface area contributed by atoms with Crippen molar-refractivity contribution >= 4 is 17.9 Å². The number of carbonyl (C=O) groups excluding carboxylic acids is 1. The average Bonchev–Trinajstić information content (AvgIpc) is 2.85. The molecular formula is C25H24F3N5O3. The Kier molecular flexibility index (Phi) is 7.37. The van der Waals surface area contributed by atoms with E-state index in [0.29, 0.717) is 37.0 Å². The van der Waals surface area contributed by atoms with Crippen molar-refractivity contribution in [1.82, 2.24) is 19.9 Å². The summed E-state index contributed by atoms with van der Waals surface area (Å²) in [6, 6.07) is 9.07. The second kappa shape index (κ2) is 10.6. The lowest BCUT2D eigenvalue weighted by Crippen LogP contribution is -2.42. The van der Waals surface area contributed by atoms with Gasteiger partial charge in [-0.15, -0.1) is 0 Å². The predicted molar refractivity (Wildman–Crippen MR) is 127 cm³/mol. The van der Waals surface area contributed by atoms with Crippen LogP contribution >= 0.6 is 0 Å². The van der Waals surface area contributed by atoms with Crippen LogP contribution < -0.4 is 14.8 Å². The van der Waals surface area contributed by atoms with Gasteiger partial charge in [0.25, 0.3) is 0 Å². The maximum atomic E-state index is 12.7. The molecule has 8 nitrogen and oxygen atoms in total. The summed E-state index contributed by atoms with van der Waals surface area (Å²) < 4.78 is 48.8. The standard InChI is InChI=1S/C25H24F3N5O3/c1-16-15-33(24(34)32-21-13-29-14-23(31-21)35-2)9-8-18(16)10-17-4-3-5-20(11-17)36-22-7-6-19(12-30-22)25(26,27)28/h3-7,10-14,16H,8-9,15H2,1-2H3,(H,31,32,34)/b18-10+. The van der Waals surface area contributed by atoms with E-state index in [1.807, 2.05) is 19.1 Å². The fourth-order valence-corrected chi connectivity index (χ4v) is 3.75. The minimum Gasteiger partial charge on any atom is -0.480 e. The highest BCUT2D eigenvalue weighted by atomic mass is 19.4. The van der Waals surface area contributed by atoms with E-state index in [-0.39, 0.29) is 17.8 Å². The van der Waals surface area contributed by atoms with Crippen LogP contribution in [0.4, 0.5) is 23.8 Å². The van der Waals surface area contributed by atoms with Gasteiger partial charge in [0.1, 0.15) is 5.75 Å². The molecule has 2 aromatic heterocycles. The molecule has 3 heterocycles. The van der Waals surface area contributed by atoms with Crippen LogP contribution in [-0.4, -0.2) is 46.1 Å². The summed E-state index contributed by atoms with van der Waals surface area (Å²) in [6.07, 6.45) is 1.93. The van der Waals surface area contributed by atoms with E-state index in [1.54, 1.807) is 23.1 Å². The highest BCUT2D eigenvalue weighted by Crippen LogP contribution is 2.31. The fourth-order valence-electron chi connectivity index (χ4n) is 3.75. The number of nitrogens with one attached hydrogen (secondary N) is 1. The molecule has 0 bridgehead atoms. The molecule has 1 aliphatic heterocycles. The molecule has 2 amide bonds. The highest BCUT2D eigenvalue weighted by Gasteiger charge is 2.30. The number of urea groups is 1. The molecule has 0 spiro atoms. The van der Waals surface area contributed by atoms with Gasteiger partial charge in [-0.05, 0) is 36.1 Å². The lowest BCUT2D eigenvalue weighted by atomic mass is 9.91. The first-order valence-electron chi connectivity index (χ1n) is 11.1. The largest absolute Gasteiger partial charge is 0.480 e. The first-order chi connectivity index (χ1) is 17.2. The van der Waals surface area contributed by atoms with Gasteiger partial charge in [0.05, 0.1) is 25.1 Å². The number of benzene rings is 1. The lowest BCUT2D eigenvalue weighted by molar-refractivity contribution is -0.137. The quantitative estimate of drug-likeness (QED) is 0.488. The van der Waals surface area contributed by atoms with E-state index in [1.165, 1.54) is 31.1 Å².